The third-order valence-corrected chi connectivity index (χ3v) is 0. The Hall–Kier alpha value is -0.990. The van der Waals surface area contributed by atoms with Crippen molar-refractivity contribution in [1.29, 1.82) is 5.41 Å². The Labute approximate surface area is 57.3 Å². The van der Waals surface area contributed by atoms with Gasteiger partial charge in [0.1, 0.15) is 0 Å². The van der Waals surface area contributed by atoms with Crippen molar-refractivity contribution in [1.82, 2.24) is 0 Å². The highest BCUT2D eigenvalue weighted by Gasteiger charge is 1.53. The number of hydrogen-bond donors (Lipinski definition) is 3. The highest BCUT2D eigenvalue weighted by Crippen LogP contribution is 1.58. The van der Waals surface area contributed by atoms with Crippen molar-refractivity contribution in [2.45, 2.75) is 21.3 Å². The van der Waals surface area contributed by atoms with Crippen LogP contribution in [-0.2, 0) is 0 Å². The van der Waals surface area contributed by atoms with Crippen LogP contribution in [0.2, 0.25) is 0 Å². The average molecular weight is 131 g/mol. The molecule has 3 heteroatoms. The first kappa shape index (κ1) is 15.7. The summed E-state index contributed by atoms with van der Waals surface area (Å²) in [7, 11) is 0. The maximum Gasteiger partial charge on any atom is 0.0873 e. The fraction of sp³-hybridized carbons (Fsp3) is 0.500. The quantitative estimate of drug-likeness (QED) is 0.339. The van der Waals surface area contributed by atoms with E-state index < -0.39 is 0 Å². The van der Waals surface area contributed by atoms with Crippen LogP contribution in [0.5, 0.6) is 0 Å². The molecule has 0 aromatic heterocycles. The molecule has 0 heterocycles. The average Bonchev–Trinajstić information content (AvgIpc) is 1.25. The Morgan fingerprint density at radius 1 is 1.33 bits per heavy atom. The first-order valence-electron chi connectivity index (χ1n) is 2.18. The number of nitrogens with two attached hydrogens (primary N) is 2. The van der Waals surface area contributed by atoms with Crippen molar-refractivity contribution < 1.29 is 0 Å². The maximum absolute atomic E-state index is 6.28. The zero-order chi connectivity index (χ0) is 7.15. The summed E-state index contributed by atoms with van der Waals surface area (Å²) in [4.78, 5) is 0. The molecule has 0 atom stereocenters. The Morgan fingerprint density at radius 2 is 1.33 bits per heavy atom. The zero-order valence-corrected chi connectivity index (χ0v) is 5.36. The van der Waals surface area contributed by atoms with E-state index in [1.807, 2.05) is 0 Å². The van der Waals surface area contributed by atoms with E-state index >= 15 is 0 Å². The summed E-state index contributed by atoms with van der Waals surface area (Å²) >= 11 is 0. The van der Waals surface area contributed by atoms with Gasteiger partial charge in [-0.3, -0.25) is 5.41 Å². The van der Waals surface area contributed by atoms with Gasteiger partial charge in [-0.2, -0.15) is 0 Å². The molecule has 0 aromatic rings. The smallest absolute Gasteiger partial charge is 0.0873 e. The van der Waals surface area contributed by atoms with E-state index in [9.17, 15) is 0 Å². The molecule has 56 valence electrons. The minimum Gasteiger partial charge on any atom is -0.403 e. The minimum atomic E-state index is 0. The van der Waals surface area contributed by atoms with Gasteiger partial charge in [-0.1, -0.05) is 14.0 Å². The van der Waals surface area contributed by atoms with Gasteiger partial charge in [-0.15, -0.1) is 0 Å². The summed E-state index contributed by atoms with van der Waals surface area (Å²) in [6.45, 7) is 6.61. The van der Waals surface area contributed by atoms with E-state index in [4.69, 9.17) is 16.9 Å². The Morgan fingerprint density at radius 3 is 1.33 bits per heavy atom. The van der Waals surface area contributed by atoms with Crippen molar-refractivity contribution in [3.05, 3.63) is 12.3 Å². The maximum atomic E-state index is 6.28. The third kappa shape index (κ3) is 180. The fourth-order valence-corrected chi connectivity index (χ4v) is 0. The molecule has 0 spiro atoms. The van der Waals surface area contributed by atoms with E-state index in [0.29, 0.717) is 5.70 Å². The largest absolute Gasteiger partial charge is 0.403 e. The van der Waals surface area contributed by atoms with Crippen LogP contribution in [0.1, 0.15) is 21.3 Å². The number of allylic oxidation sites excluding steroid dienone is 1. The molecule has 0 saturated heterocycles. The third-order valence-electron chi connectivity index (χ3n) is 0. The Balaban J connectivity index is -0.0000000720. The highest BCUT2D eigenvalue weighted by atomic mass is 14.7. The topological polar surface area (TPSA) is 75.9 Å². The predicted octanol–water partition coefficient (Wildman–Crippen LogP) is 1.06. The summed E-state index contributed by atoms with van der Waals surface area (Å²) in [5.41, 5.74) is 10.3. The van der Waals surface area contributed by atoms with Crippen molar-refractivity contribution in [3.8, 4) is 0 Å². The summed E-state index contributed by atoms with van der Waals surface area (Å²) in [6, 6.07) is 0. The predicted molar refractivity (Wildman–Crippen MR) is 43.3 cm³/mol. The molecule has 0 aliphatic carbocycles. The molecule has 0 amide bonds. The molecular formula is C6H17N3. The van der Waals surface area contributed by atoms with Crippen LogP contribution in [0.25, 0.3) is 0 Å². The SMILES string of the molecule is C.C=C(C)N.CC(=N)N. The van der Waals surface area contributed by atoms with E-state index in [2.05, 4.69) is 6.58 Å². The summed E-state index contributed by atoms with van der Waals surface area (Å²) < 4.78 is 0. The normalized spacial score (nSPS) is 5.56. The molecule has 0 saturated carbocycles. The molecule has 0 fully saturated rings. The van der Waals surface area contributed by atoms with Crippen LogP contribution >= 0.6 is 0 Å². The molecule has 0 aliphatic rings. The molecule has 0 unspecified atom stereocenters. The van der Waals surface area contributed by atoms with Gasteiger partial charge < -0.3 is 11.5 Å². The van der Waals surface area contributed by atoms with Crippen molar-refractivity contribution in [2.24, 2.45) is 11.5 Å². The van der Waals surface area contributed by atoms with Gasteiger partial charge in [0, 0.05) is 0 Å². The van der Waals surface area contributed by atoms with E-state index in [1.54, 1.807) is 6.92 Å². The van der Waals surface area contributed by atoms with E-state index in [0.717, 1.165) is 0 Å². The molecule has 5 N–H and O–H groups in total. The lowest BCUT2D eigenvalue weighted by Crippen LogP contribution is -2.00. The van der Waals surface area contributed by atoms with Gasteiger partial charge in [0.25, 0.3) is 0 Å². The number of nitrogens with one attached hydrogen (secondary N) is 1. The molecular weight excluding hydrogens is 114 g/mol. The first-order valence-corrected chi connectivity index (χ1v) is 2.18. The summed E-state index contributed by atoms with van der Waals surface area (Å²) in [5.74, 6) is 0.167. The zero-order valence-electron chi connectivity index (χ0n) is 5.36. The molecule has 0 bridgehead atoms. The lowest BCUT2D eigenvalue weighted by Gasteiger charge is -1.69. The molecule has 0 radical (unpaired) electrons. The molecule has 9 heavy (non-hydrogen) atoms. The minimum absolute atomic E-state index is 0. The van der Waals surface area contributed by atoms with E-state index in [1.165, 1.54) is 6.92 Å². The van der Waals surface area contributed by atoms with Gasteiger partial charge in [-0.25, -0.2) is 0 Å². The van der Waals surface area contributed by atoms with Crippen LogP contribution in [-0.4, -0.2) is 5.84 Å². The molecule has 3 nitrogen and oxygen atoms in total. The van der Waals surface area contributed by atoms with Crippen molar-refractivity contribution in [3.63, 3.8) is 0 Å². The van der Waals surface area contributed by atoms with Crippen LogP contribution in [0.4, 0.5) is 0 Å². The number of amidine groups is 1. The first-order chi connectivity index (χ1) is 3.46. The second-order valence-electron chi connectivity index (χ2n) is 1.53. The molecule has 0 aromatic carbocycles. The number of rotatable bonds is 0. The second kappa shape index (κ2) is 10.1. The standard InChI is InChI=1S/C3H7N.C2H6N2.CH4/c1-3(2)4;1-2(3)4;/h1,4H2,2H3;1H3,(H3,3,4);1H4. The van der Waals surface area contributed by atoms with E-state index in [-0.39, 0.29) is 13.3 Å². The lowest BCUT2D eigenvalue weighted by molar-refractivity contribution is 1.34. The van der Waals surface area contributed by atoms with Crippen LogP contribution in [0.15, 0.2) is 12.3 Å². The fourth-order valence-electron chi connectivity index (χ4n) is 0. The van der Waals surface area contributed by atoms with Crippen molar-refractivity contribution >= 4 is 5.84 Å². The molecule has 0 aliphatic heterocycles. The van der Waals surface area contributed by atoms with Gasteiger partial charge >= 0.3 is 0 Å². The van der Waals surface area contributed by atoms with Crippen molar-refractivity contribution in [2.75, 3.05) is 0 Å². The summed E-state index contributed by atoms with van der Waals surface area (Å²) in [6.07, 6.45) is 0. The Bertz CT molecular complexity index is 66.3. The van der Waals surface area contributed by atoms with Crippen LogP contribution in [0, 0.1) is 5.41 Å². The van der Waals surface area contributed by atoms with Gasteiger partial charge in [0.2, 0.25) is 0 Å². The highest BCUT2D eigenvalue weighted by molar-refractivity contribution is 5.73. The van der Waals surface area contributed by atoms with Crippen LogP contribution < -0.4 is 11.5 Å². The van der Waals surface area contributed by atoms with Gasteiger partial charge in [0.05, 0.1) is 5.84 Å². The van der Waals surface area contributed by atoms with Gasteiger partial charge in [-0.05, 0) is 19.5 Å². The second-order valence-corrected chi connectivity index (χ2v) is 1.53. The summed E-state index contributed by atoms with van der Waals surface area (Å²) in [5, 5.41) is 6.28. The number of hydrogen-bond acceptors (Lipinski definition) is 2. The van der Waals surface area contributed by atoms with Crippen LogP contribution in [0.3, 0.4) is 0 Å². The Kier molecular flexibility index (Phi) is 17.6. The monoisotopic (exact) mass is 131 g/mol. The van der Waals surface area contributed by atoms with Gasteiger partial charge in [0.15, 0.2) is 0 Å². The molecule has 0 rings (SSSR count). The lowest BCUT2D eigenvalue weighted by atomic mass is 10.6.